The standard InChI is InChI=1S/C27H22N2O4S2/c1-17-23(26(31)33-16-18-8-4-3-5-9-18)24(21-12-7-13-34-21)29-25(30)22(35-27(29)28-17)15-19-10-6-11-20(14-19)32-2/h3-15,24H,16H2,1-2H3/b22-15-/t24-/m0/s1. The minimum atomic E-state index is -0.595. The van der Waals surface area contributed by atoms with Crippen molar-refractivity contribution >= 4 is 34.7 Å². The van der Waals surface area contributed by atoms with Crippen molar-refractivity contribution in [2.75, 3.05) is 7.11 Å². The fraction of sp³-hybridized carbons (Fsp3) is 0.148. The summed E-state index contributed by atoms with van der Waals surface area (Å²) in [6.45, 7) is 1.94. The van der Waals surface area contributed by atoms with Crippen molar-refractivity contribution in [3.63, 3.8) is 0 Å². The summed E-state index contributed by atoms with van der Waals surface area (Å²) in [7, 11) is 1.61. The highest BCUT2D eigenvalue weighted by atomic mass is 32.1. The fourth-order valence-electron chi connectivity index (χ4n) is 3.98. The van der Waals surface area contributed by atoms with E-state index in [1.165, 1.54) is 22.7 Å². The van der Waals surface area contributed by atoms with Crippen molar-refractivity contribution < 1.29 is 14.3 Å². The van der Waals surface area contributed by atoms with Crippen molar-refractivity contribution in [3.8, 4) is 5.75 Å². The van der Waals surface area contributed by atoms with Gasteiger partial charge in [-0.05, 0) is 47.7 Å². The molecule has 1 aliphatic rings. The molecule has 0 unspecified atom stereocenters. The van der Waals surface area contributed by atoms with E-state index in [2.05, 4.69) is 4.99 Å². The molecule has 8 heteroatoms. The van der Waals surface area contributed by atoms with Gasteiger partial charge in [-0.2, -0.15) is 0 Å². The number of aromatic nitrogens is 1. The third-order valence-corrected chi connectivity index (χ3v) is 7.57. The minimum absolute atomic E-state index is 0.147. The van der Waals surface area contributed by atoms with E-state index in [4.69, 9.17) is 9.47 Å². The van der Waals surface area contributed by atoms with Crippen LogP contribution in [0.1, 0.15) is 29.0 Å². The van der Waals surface area contributed by atoms with E-state index in [0.29, 0.717) is 26.4 Å². The number of rotatable bonds is 6. The molecule has 0 amide bonds. The Kier molecular flexibility index (Phi) is 6.48. The van der Waals surface area contributed by atoms with Crippen molar-refractivity contribution in [1.29, 1.82) is 0 Å². The van der Waals surface area contributed by atoms with E-state index in [0.717, 1.165) is 16.0 Å². The Morgan fingerprint density at radius 3 is 2.69 bits per heavy atom. The molecule has 0 radical (unpaired) electrons. The molecule has 176 valence electrons. The van der Waals surface area contributed by atoms with E-state index in [1.54, 1.807) is 18.6 Å². The Labute approximate surface area is 209 Å². The van der Waals surface area contributed by atoms with Gasteiger partial charge >= 0.3 is 5.97 Å². The van der Waals surface area contributed by atoms with Crippen LogP contribution in [-0.2, 0) is 16.1 Å². The van der Waals surface area contributed by atoms with Crippen LogP contribution >= 0.6 is 22.7 Å². The van der Waals surface area contributed by atoms with Gasteiger partial charge in [0, 0.05) is 4.88 Å². The van der Waals surface area contributed by atoms with E-state index in [1.807, 2.05) is 78.2 Å². The molecule has 0 N–H and O–H groups in total. The maximum absolute atomic E-state index is 13.6. The number of allylic oxidation sites excluding steroid dienone is 1. The molecular weight excluding hydrogens is 480 g/mol. The van der Waals surface area contributed by atoms with Crippen LogP contribution in [0.5, 0.6) is 5.75 Å². The van der Waals surface area contributed by atoms with Gasteiger partial charge in [0.2, 0.25) is 0 Å². The van der Waals surface area contributed by atoms with Crippen molar-refractivity contribution in [2.45, 2.75) is 19.6 Å². The van der Waals surface area contributed by atoms with Gasteiger partial charge in [0.1, 0.15) is 18.4 Å². The number of carbonyl (C=O) groups excluding carboxylic acids is 1. The Bertz CT molecular complexity index is 1580. The van der Waals surface area contributed by atoms with Crippen LogP contribution in [0.4, 0.5) is 0 Å². The van der Waals surface area contributed by atoms with E-state index >= 15 is 0 Å². The van der Waals surface area contributed by atoms with Crippen LogP contribution in [0.2, 0.25) is 0 Å². The lowest BCUT2D eigenvalue weighted by Crippen LogP contribution is -2.39. The lowest BCUT2D eigenvalue weighted by atomic mass is 10.0. The second kappa shape index (κ2) is 9.85. The second-order valence-corrected chi connectivity index (χ2v) is 9.92. The molecule has 0 saturated heterocycles. The number of hydrogen-bond donors (Lipinski definition) is 0. The SMILES string of the molecule is COc1cccc(/C=c2\sc3n(c2=O)[C@@H](c2cccs2)C(C(=O)OCc2ccccc2)=C(C)N=3)c1. The summed E-state index contributed by atoms with van der Waals surface area (Å²) < 4.78 is 13.1. The highest BCUT2D eigenvalue weighted by molar-refractivity contribution is 7.10. The summed E-state index contributed by atoms with van der Waals surface area (Å²) in [4.78, 5) is 33.0. The van der Waals surface area contributed by atoms with Crippen LogP contribution in [0.25, 0.3) is 6.08 Å². The molecule has 1 atom stereocenters. The number of hydrogen-bond acceptors (Lipinski definition) is 7. The van der Waals surface area contributed by atoms with Gasteiger partial charge in [-0.1, -0.05) is 59.9 Å². The first-order valence-corrected chi connectivity index (χ1v) is 12.7. The van der Waals surface area contributed by atoms with E-state index in [9.17, 15) is 9.59 Å². The van der Waals surface area contributed by atoms with Crippen LogP contribution in [0.15, 0.2) is 93.2 Å². The number of methoxy groups -OCH3 is 1. The third-order valence-electron chi connectivity index (χ3n) is 5.66. The van der Waals surface area contributed by atoms with Gasteiger partial charge in [0.25, 0.3) is 5.56 Å². The Hall–Kier alpha value is -3.75. The molecule has 1 aliphatic heterocycles. The summed E-state index contributed by atoms with van der Waals surface area (Å²) in [6, 6.07) is 20.3. The van der Waals surface area contributed by atoms with Gasteiger partial charge in [0.05, 0.1) is 22.9 Å². The topological polar surface area (TPSA) is 69.9 Å². The second-order valence-electron chi connectivity index (χ2n) is 7.94. The average Bonchev–Trinajstić information content (AvgIpc) is 3.51. The molecule has 35 heavy (non-hydrogen) atoms. The summed E-state index contributed by atoms with van der Waals surface area (Å²) in [5.41, 5.74) is 2.47. The molecular formula is C27H22N2O4S2. The number of esters is 1. The normalized spacial score (nSPS) is 15.5. The van der Waals surface area contributed by atoms with E-state index in [-0.39, 0.29) is 12.2 Å². The van der Waals surface area contributed by atoms with E-state index < -0.39 is 12.0 Å². The molecule has 2 aromatic carbocycles. The van der Waals surface area contributed by atoms with Crippen LogP contribution < -0.4 is 19.6 Å². The molecule has 0 spiro atoms. The largest absolute Gasteiger partial charge is 0.497 e. The van der Waals surface area contributed by atoms with Crippen molar-refractivity contribution in [1.82, 2.24) is 4.57 Å². The molecule has 2 aromatic heterocycles. The van der Waals surface area contributed by atoms with Crippen LogP contribution in [0, 0.1) is 0 Å². The van der Waals surface area contributed by atoms with Crippen molar-refractivity contribution in [2.24, 2.45) is 4.99 Å². The number of nitrogens with zero attached hydrogens (tertiary/aromatic N) is 2. The number of thiophene rings is 1. The molecule has 4 aromatic rings. The highest BCUT2D eigenvalue weighted by Crippen LogP contribution is 2.33. The monoisotopic (exact) mass is 502 g/mol. The molecule has 6 nitrogen and oxygen atoms in total. The van der Waals surface area contributed by atoms with Gasteiger partial charge in [0.15, 0.2) is 4.80 Å². The molecule has 0 fully saturated rings. The maximum Gasteiger partial charge on any atom is 0.338 e. The van der Waals surface area contributed by atoms with Gasteiger partial charge in [-0.25, -0.2) is 9.79 Å². The molecule has 5 rings (SSSR count). The predicted molar refractivity (Wildman–Crippen MR) is 137 cm³/mol. The maximum atomic E-state index is 13.6. The third kappa shape index (κ3) is 4.62. The first-order valence-electron chi connectivity index (χ1n) is 11.0. The number of fused-ring (bicyclic) bond motifs is 1. The molecule has 0 bridgehead atoms. The molecule has 3 heterocycles. The van der Waals surface area contributed by atoms with Gasteiger partial charge in [-0.15, -0.1) is 11.3 Å². The smallest absolute Gasteiger partial charge is 0.338 e. The predicted octanol–water partition coefficient (Wildman–Crippen LogP) is 4.05. The fourth-order valence-corrected chi connectivity index (χ4v) is 5.85. The number of thiazole rings is 1. The zero-order chi connectivity index (χ0) is 24.4. The van der Waals surface area contributed by atoms with Crippen LogP contribution in [0.3, 0.4) is 0 Å². The molecule has 0 saturated carbocycles. The quantitative estimate of drug-likeness (QED) is 0.373. The number of carbonyl (C=O) groups is 1. The zero-order valence-electron chi connectivity index (χ0n) is 19.1. The highest BCUT2D eigenvalue weighted by Gasteiger charge is 2.34. The number of benzene rings is 2. The number of ether oxygens (including phenoxy) is 2. The Balaban J connectivity index is 1.58. The lowest BCUT2D eigenvalue weighted by molar-refractivity contribution is -0.140. The zero-order valence-corrected chi connectivity index (χ0v) is 20.8. The first-order chi connectivity index (χ1) is 17.0. The molecule has 0 aliphatic carbocycles. The Morgan fingerprint density at radius 1 is 1.11 bits per heavy atom. The van der Waals surface area contributed by atoms with Gasteiger partial charge < -0.3 is 9.47 Å². The van der Waals surface area contributed by atoms with Crippen molar-refractivity contribution in [3.05, 3.63) is 119 Å². The van der Waals surface area contributed by atoms with Crippen LogP contribution in [-0.4, -0.2) is 17.6 Å². The average molecular weight is 503 g/mol. The summed E-state index contributed by atoms with van der Waals surface area (Å²) >= 11 is 2.80. The lowest BCUT2D eigenvalue weighted by Gasteiger charge is -2.23. The first kappa shape index (κ1) is 23.0. The van der Waals surface area contributed by atoms with Gasteiger partial charge in [-0.3, -0.25) is 9.36 Å². The summed E-state index contributed by atoms with van der Waals surface area (Å²) in [5.74, 6) is 0.234. The Morgan fingerprint density at radius 2 is 1.94 bits per heavy atom. The summed E-state index contributed by atoms with van der Waals surface area (Å²) in [6.07, 6.45) is 1.82. The summed E-state index contributed by atoms with van der Waals surface area (Å²) in [5, 5.41) is 1.93. The minimum Gasteiger partial charge on any atom is -0.497 e.